The van der Waals surface area contributed by atoms with Crippen molar-refractivity contribution in [1.29, 1.82) is 0 Å². The SMILES string of the molecule is NC(=O)CN(C(=O)c1sc2sccc2c1Cl)C1CCCC1. The number of rotatable bonds is 4. The van der Waals surface area contributed by atoms with E-state index in [0.717, 1.165) is 35.1 Å². The maximum absolute atomic E-state index is 12.8. The molecule has 2 heterocycles. The zero-order valence-corrected chi connectivity index (χ0v) is 13.7. The summed E-state index contributed by atoms with van der Waals surface area (Å²) in [7, 11) is 0. The maximum Gasteiger partial charge on any atom is 0.266 e. The van der Waals surface area contributed by atoms with Crippen LogP contribution in [0.3, 0.4) is 0 Å². The lowest BCUT2D eigenvalue weighted by molar-refractivity contribution is -0.119. The number of nitrogens with zero attached hydrogens (tertiary/aromatic N) is 1. The third-order valence-corrected chi connectivity index (χ3v) is 6.54. The predicted octanol–water partition coefficient (Wildman–Crippen LogP) is 3.49. The van der Waals surface area contributed by atoms with Crippen molar-refractivity contribution >= 4 is 55.5 Å². The van der Waals surface area contributed by atoms with Gasteiger partial charge in [0.05, 0.1) is 15.6 Å². The van der Waals surface area contributed by atoms with Crippen LogP contribution in [0.15, 0.2) is 11.4 Å². The van der Waals surface area contributed by atoms with Gasteiger partial charge in [-0.05, 0) is 24.3 Å². The average Bonchev–Trinajstić information content (AvgIpc) is 3.14. The largest absolute Gasteiger partial charge is 0.368 e. The molecule has 0 unspecified atom stereocenters. The molecule has 0 saturated heterocycles. The van der Waals surface area contributed by atoms with Crippen LogP contribution in [0.5, 0.6) is 0 Å². The number of carbonyl (C=O) groups is 2. The van der Waals surface area contributed by atoms with Crippen LogP contribution >= 0.6 is 34.3 Å². The molecule has 0 aliphatic heterocycles. The number of hydrogen-bond acceptors (Lipinski definition) is 4. The van der Waals surface area contributed by atoms with Gasteiger partial charge in [0, 0.05) is 11.4 Å². The summed E-state index contributed by atoms with van der Waals surface area (Å²) in [5.41, 5.74) is 5.31. The molecular weight excluding hydrogens is 328 g/mol. The van der Waals surface area contributed by atoms with E-state index in [1.165, 1.54) is 11.3 Å². The molecule has 7 heteroatoms. The van der Waals surface area contributed by atoms with Gasteiger partial charge in [-0.15, -0.1) is 22.7 Å². The molecule has 0 bridgehead atoms. The Hall–Kier alpha value is -1.11. The summed E-state index contributed by atoms with van der Waals surface area (Å²) in [6.07, 6.45) is 4.02. The highest BCUT2D eigenvalue weighted by molar-refractivity contribution is 7.38. The second-order valence-electron chi connectivity index (χ2n) is 5.20. The quantitative estimate of drug-likeness (QED) is 0.924. The molecule has 1 saturated carbocycles. The molecule has 2 aromatic heterocycles. The van der Waals surface area contributed by atoms with Crippen LogP contribution in [0, 0.1) is 0 Å². The highest BCUT2D eigenvalue weighted by Gasteiger charge is 2.31. The summed E-state index contributed by atoms with van der Waals surface area (Å²) in [5, 5.41) is 3.37. The predicted molar refractivity (Wildman–Crippen MR) is 87.2 cm³/mol. The van der Waals surface area contributed by atoms with E-state index in [9.17, 15) is 9.59 Å². The van der Waals surface area contributed by atoms with E-state index in [2.05, 4.69) is 0 Å². The number of amides is 2. The van der Waals surface area contributed by atoms with E-state index in [1.54, 1.807) is 16.2 Å². The van der Waals surface area contributed by atoms with Gasteiger partial charge in [0.15, 0.2) is 0 Å². The van der Waals surface area contributed by atoms with Crippen molar-refractivity contribution in [3.63, 3.8) is 0 Å². The van der Waals surface area contributed by atoms with Crippen molar-refractivity contribution in [3.8, 4) is 0 Å². The van der Waals surface area contributed by atoms with Crippen molar-refractivity contribution in [2.24, 2.45) is 5.73 Å². The van der Waals surface area contributed by atoms with Crippen molar-refractivity contribution < 1.29 is 9.59 Å². The molecule has 1 aliphatic carbocycles. The van der Waals surface area contributed by atoms with Crippen LogP contribution in [0.25, 0.3) is 9.40 Å². The van der Waals surface area contributed by atoms with Gasteiger partial charge in [-0.25, -0.2) is 0 Å². The Morgan fingerprint density at radius 3 is 2.71 bits per heavy atom. The molecule has 3 rings (SSSR count). The molecule has 0 spiro atoms. The summed E-state index contributed by atoms with van der Waals surface area (Å²) >= 11 is 9.30. The van der Waals surface area contributed by atoms with Gasteiger partial charge in [0.1, 0.15) is 4.88 Å². The summed E-state index contributed by atoms with van der Waals surface area (Å²) in [5.74, 6) is -0.649. The van der Waals surface area contributed by atoms with Crippen LogP contribution in [0.2, 0.25) is 5.02 Å². The highest BCUT2D eigenvalue weighted by atomic mass is 35.5. The minimum atomic E-state index is -0.482. The topological polar surface area (TPSA) is 63.4 Å². The summed E-state index contributed by atoms with van der Waals surface area (Å²) in [6, 6.07) is 2.02. The van der Waals surface area contributed by atoms with E-state index in [0.29, 0.717) is 9.90 Å². The number of nitrogens with two attached hydrogens (primary N) is 1. The van der Waals surface area contributed by atoms with Crippen LogP contribution in [-0.4, -0.2) is 29.3 Å². The molecule has 1 aliphatic rings. The van der Waals surface area contributed by atoms with Gasteiger partial charge in [-0.3, -0.25) is 9.59 Å². The third kappa shape index (κ3) is 2.80. The molecular formula is C14H15ClN2O2S2. The molecule has 2 aromatic rings. The Balaban J connectivity index is 1.93. The molecule has 1 fully saturated rings. The third-order valence-electron chi connectivity index (χ3n) is 3.81. The summed E-state index contributed by atoms with van der Waals surface area (Å²) < 4.78 is 1.04. The number of thiophene rings is 2. The molecule has 2 N–H and O–H groups in total. The van der Waals surface area contributed by atoms with Gasteiger partial charge >= 0.3 is 0 Å². The molecule has 4 nitrogen and oxygen atoms in total. The zero-order valence-electron chi connectivity index (χ0n) is 11.3. The standard InChI is InChI=1S/C14H15ClN2O2S2/c15-11-9-5-6-20-14(9)21-12(11)13(19)17(7-10(16)18)8-3-1-2-4-8/h5-6,8H,1-4,7H2,(H2,16,18). The summed E-state index contributed by atoms with van der Waals surface area (Å²) in [6.45, 7) is -0.0363. The Morgan fingerprint density at radius 1 is 1.38 bits per heavy atom. The number of fused-ring (bicyclic) bond motifs is 1. The first-order valence-corrected chi connectivity index (χ1v) is 8.90. The lowest BCUT2D eigenvalue weighted by Gasteiger charge is -2.27. The Labute approximate surface area is 135 Å². The highest BCUT2D eigenvalue weighted by Crippen LogP contribution is 2.39. The van der Waals surface area contributed by atoms with Crippen molar-refractivity contribution in [1.82, 2.24) is 4.90 Å². The first-order valence-electron chi connectivity index (χ1n) is 6.82. The second-order valence-corrected chi connectivity index (χ2v) is 7.78. The van der Waals surface area contributed by atoms with Gasteiger partial charge < -0.3 is 10.6 Å². The van der Waals surface area contributed by atoms with E-state index in [4.69, 9.17) is 17.3 Å². The minimum absolute atomic E-state index is 0.0363. The second kappa shape index (κ2) is 5.94. The number of hydrogen-bond donors (Lipinski definition) is 1. The van der Waals surface area contributed by atoms with Crippen LogP contribution < -0.4 is 5.73 Å². The Kier molecular flexibility index (Phi) is 4.19. The fraction of sp³-hybridized carbons (Fsp3) is 0.429. The normalized spacial score (nSPS) is 15.7. The number of halogens is 1. The lowest BCUT2D eigenvalue weighted by Crippen LogP contribution is -2.44. The zero-order chi connectivity index (χ0) is 15.0. The van der Waals surface area contributed by atoms with E-state index in [-0.39, 0.29) is 18.5 Å². The monoisotopic (exact) mass is 342 g/mol. The van der Waals surface area contributed by atoms with E-state index in [1.807, 2.05) is 11.4 Å². The fourth-order valence-electron chi connectivity index (χ4n) is 2.82. The molecule has 2 amide bonds. The molecule has 0 atom stereocenters. The molecule has 0 radical (unpaired) electrons. The number of carbonyl (C=O) groups excluding carboxylic acids is 2. The van der Waals surface area contributed by atoms with Crippen LogP contribution in [-0.2, 0) is 4.79 Å². The Morgan fingerprint density at radius 2 is 2.10 bits per heavy atom. The van der Waals surface area contributed by atoms with E-state index >= 15 is 0 Å². The van der Waals surface area contributed by atoms with Crippen LogP contribution in [0.4, 0.5) is 0 Å². The van der Waals surface area contributed by atoms with Gasteiger partial charge in [0.25, 0.3) is 5.91 Å². The van der Waals surface area contributed by atoms with Gasteiger partial charge in [0.2, 0.25) is 5.91 Å². The molecule has 21 heavy (non-hydrogen) atoms. The fourth-order valence-corrected chi connectivity index (χ4v) is 5.39. The first kappa shape index (κ1) is 14.8. The smallest absolute Gasteiger partial charge is 0.266 e. The summed E-state index contributed by atoms with van der Waals surface area (Å²) in [4.78, 5) is 26.2. The van der Waals surface area contributed by atoms with E-state index < -0.39 is 5.91 Å². The van der Waals surface area contributed by atoms with Crippen LogP contribution in [0.1, 0.15) is 35.4 Å². The average molecular weight is 343 g/mol. The lowest BCUT2D eigenvalue weighted by atomic mass is 10.2. The van der Waals surface area contributed by atoms with Crippen molar-refractivity contribution in [3.05, 3.63) is 21.3 Å². The van der Waals surface area contributed by atoms with Gasteiger partial charge in [-0.1, -0.05) is 24.4 Å². The van der Waals surface area contributed by atoms with Gasteiger partial charge in [-0.2, -0.15) is 0 Å². The first-order chi connectivity index (χ1) is 10.1. The van der Waals surface area contributed by atoms with Crippen molar-refractivity contribution in [2.75, 3.05) is 6.54 Å². The number of primary amides is 1. The van der Waals surface area contributed by atoms with Crippen molar-refractivity contribution in [2.45, 2.75) is 31.7 Å². The Bertz CT molecular complexity index is 688. The molecule has 0 aromatic carbocycles. The minimum Gasteiger partial charge on any atom is -0.368 e. The maximum atomic E-state index is 12.8. The molecule has 112 valence electrons.